The SMILES string of the molecule is CCOC(=O)[C@H](C(=O)c1ccccc1)c1ccccc1[N+](=O)[O-]. The van der Waals surface area contributed by atoms with E-state index in [2.05, 4.69) is 0 Å². The average molecular weight is 313 g/mol. The second-order valence-corrected chi connectivity index (χ2v) is 4.73. The topological polar surface area (TPSA) is 86.5 Å². The van der Waals surface area contributed by atoms with Gasteiger partial charge in [0.25, 0.3) is 5.69 Å². The van der Waals surface area contributed by atoms with Gasteiger partial charge in [-0.05, 0) is 6.92 Å². The van der Waals surface area contributed by atoms with Crippen molar-refractivity contribution in [3.05, 3.63) is 75.8 Å². The summed E-state index contributed by atoms with van der Waals surface area (Å²) in [7, 11) is 0. The number of nitro benzene ring substituents is 1. The number of carbonyl (C=O) groups excluding carboxylic acids is 2. The number of nitro groups is 1. The molecule has 2 aromatic rings. The summed E-state index contributed by atoms with van der Waals surface area (Å²) in [4.78, 5) is 35.6. The number of rotatable bonds is 6. The molecule has 0 radical (unpaired) electrons. The Morgan fingerprint density at radius 1 is 1.09 bits per heavy atom. The maximum atomic E-state index is 12.7. The van der Waals surface area contributed by atoms with Gasteiger partial charge in [0.05, 0.1) is 17.1 Å². The van der Waals surface area contributed by atoms with E-state index < -0.39 is 22.6 Å². The number of benzene rings is 2. The summed E-state index contributed by atoms with van der Waals surface area (Å²) in [5.41, 5.74) is 0.0448. The van der Waals surface area contributed by atoms with Crippen molar-refractivity contribution in [2.75, 3.05) is 6.61 Å². The van der Waals surface area contributed by atoms with Gasteiger partial charge in [-0.15, -0.1) is 0 Å². The molecule has 0 saturated carbocycles. The minimum atomic E-state index is -1.36. The predicted molar refractivity (Wildman–Crippen MR) is 83.2 cm³/mol. The number of Topliss-reactive ketones (excluding diaryl/α,β-unsaturated/α-hetero) is 1. The first kappa shape index (κ1) is 16.4. The molecular formula is C17H15NO5. The van der Waals surface area contributed by atoms with Crippen LogP contribution in [0.2, 0.25) is 0 Å². The first-order valence-corrected chi connectivity index (χ1v) is 7.05. The minimum absolute atomic E-state index is 0.0322. The molecule has 0 amide bonds. The van der Waals surface area contributed by atoms with E-state index >= 15 is 0 Å². The third kappa shape index (κ3) is 3.60. The summed E-state index contributed by atoms with van der Waals surface area (Å²) in [5.74, 6) is -2.69. The highest BCUT2D eigenvalue weighted by Crippen LogP contribution is 2.30. The van der Waals surface area contributed by atoms with Crippen LogP contribution in [0.3, 0.4) is 0 Å². The number of hydrogen-bond donors (Lipinski definition) is 0. The molecule has 0 bridgehead atoms. The van der Waals surface area contributed by atoms with Crippen molar-refractivity contribution < 1.29 is 19.2 Å². The lowest BCUT2D eigenvalue weighted by Gasteiger charge is -2.15. The Labute approximate surface area is 132 Å². The van der Waals surface area contributed by atoms with Gasteiger partial charge in [-0.1, -0.05) is 48.5 Å². The van der Waals surface area contributed by atoms with Crippen molar-refractivity contribution in [3.8, 4) is 0 Å². The summed E-state index contributed by atoms with van der Waals surface area (Å²) in [5, 5.41) is 11.2. The highest BCUT2D eigenvalue weighted by atomic mass is 16.6. The molecule has 2 aromatic carbocycles. The molecule has 0 aliphatic rings. The van der Waals surface area contributed by atoms with E-state index in [1.807, 2.05) is 0 Å². The molecule has 2 rings (SSSR count). The second-order valence-electron chi connectivity index (χ2n) is 4.73. The van der Waals surface area contributed by atoms with E-state index in [9.17, 15) is 19.7 Å². The number of para-hydroxylation sites is 1. The molecule has 0 unspecified atom stereocenters. The van der Waals surface area contributed by atoms with Gasteiger partial charge in [-0.25, -0.2) is 0 Å². The third-order valence-corrected chi connectivity index (χ3v) is 3.29. The molecule has 1 atom stereocenters. The van der Waals surface area contributed by atoms with Gasteiger partial charge in [0.1, 0.15) is 0 Å². The molecule has 6 nitrogen and oxygen atoms in total. The third-order valence-electron chi connectivity index (χ3n) is 3.29. The zero-order valence-corrected chi connectivity index (χ0v) is 12.5. The lowest BCUT2D eigenvalue weighted by atomic mass is 9.89. The zero-order chi connectivity index (χ0) is 16.8. The molecule has 23 heavy (non-hydrogen) atoms. The minimum Gasteiger partial charge on any atom is -0.465 e. The van der Waals surface area contributed by atoms with E-state index in [1.165, 1.54) is 18.2 Å². The van der Waals surface area contributed by atoms with E-state index in [1.54, 1.807) is 43.3 Å². The monoisotopic (exact) mass is 313 g/mol. The molecule has 0 fully saturated rings. The molecule has 0 spiro atoms. The van der Waals surface area contributed by atoms with Crippen molar-refractivity contribution in [1.82, 2.24) is 0 Å². The number of ether oxygens (including phenoxy) is 1. The Balaban J connectivity index is 2.54. The Bertz CT molecular complexity index is 727. The maximum absolute atomic E-state index is 12.7. The van der Waals surface area contributed by atoms with Gasteiger partial charge in [-0.2, -0.15) is 0 Å². The van der Waals surface area contributed by atoms with Crippen LogP contribution in [0.25, 0.3) is 0 Å². The van der Waals surface area contributed by atoms with Crippen LogP contribution in [0, 0.1) is 10.1 Å². The van der Waals surface area contributed by atoms with Crippen LogP contribution in [0.5, 0.6) is 0 Å². The normalized spacial score (nSPS) is 11.5. The molecule has 0 heterocycles. The molecular weight excluding hydrogens is 298 g/mol. The molecule has 0 N–H and O–H groups in total. The number of ketones is 1. The van der Waals surface area contributed by atoms with E-state index in [-0.39, 0.29) is 17.9 Å². The summed E-state index contributed by atoms with van der Waals surface area (Å²) in [6.07, 6.45) is 0. The molecule has 0 aromatic heterocycles. The van der Waals surface area contributed by atoms with Crippen molar-refractivity contribution >= 4 is 17.4 Å². The Morgan fingerprint density at radius 3 is 2.30 bits per heavy atom. The quantitative estimate of drug-likeness (QED) is 0.269. The van der Waals surface area contributed by atoms with Gasteiger partial charge in [-0.3, -0.25) is 19.7 Å². The van der Waals surface area contributed by atoms with Crippen molar-refractivity contribution in [2.24, 2.45) is 0 Å². The average Bonchev–Trinajstić information content (AvgIpc) is 2.56. The fourth-order valence-corrected chi connectivity index (χ4v) is 2.27. The van der Waals surface area contributed by atoms with E-state index in [4.69, 9.17) is 4.74 Å². The lowest BCUT2D eigenvalue weighted by Crippen LogP contribution is -2.25. The number of carbonyl (C=O) groups is 2. The zero-order valence-electron chi connectivity index (χ0n) is 12.5. The number of esters is 1. The first-order chi connectivity index (χ1) is 11.1. The van der Waals surface area contributed by atoms with Crippen LogP contribution in [-0.4, -0.2) is 23.3 Å². The summed E-state index contributed by atoms with van der Waals surface area (Å²) >= 11 is 0. The van der Waals surface area contributed by atoms with Gasteiger partial charge in [0.15, 0.2) is 11.7 Å². The fraction of sp³-hybridized carbons (Fsp3) is 0.176. The molecule has 118 valence electrons. The van der Waals surface area contributed by atoms with Crippen molar-refractivity contribution in [3.63, 3.8) is 0 Å². The molecule has 6 heteroatoms. The maximum Gasteiger partial charge on any atom is 0.321 e. The summed E-state index contributed by atoms with van der Waals surface area (Å²) in [6.45, 7) is 1.69. The van der Waals surface area contributed by atoms with Crippen LogP contribution in [0.1, 0.15) is 28.8 Å². The Morgan fingerprint density at radius 2 is 1.70 bits per heavy atom. The van der Waals surface area contributed by atoms with Crippen LogP contribution in [0.4, 0.5) is 5.69 Å². The smallest absolute Gasteiger partial charge is 0.321 e. The number of hydrogen-bond acceptors (Lipinski definition) is 5. The standard InChI is InChI=1S/C17H15NO5/c1-2-23-17(20)15(16(19)12-8-4-3-5-9-12)13-10-6-7-11-14(13)18(21)22/h3-11,15H,2H2,1H3/t15-/m0/s1. The first-order valence-electron chi connectivity index (χ1n) is 7.05. The summed E-state index contributed by atoms with van der Waals surface area (Å²) < 4.78 is 4.95. The number of nitrogens with zero attached hydrogens (tertiary/aromatic N) is 1. The molecule has 0 saturated heterocycles. The van der Waals surface area contributed by atoms with Crippen LogP contribution < -0.4 is 0 Å². The second kappa shape index (κ2) is 7.31. The summed E-state index contributed by atoms with van der Waals surface area (Å²) in [6, 6.07) is 13.9. The highest BCUT2D eigenvalue weighted by molar-refractivity contribution is 6.13. The molecule has 0 aliphatic carbocycles. The largest absolute Gasteiger partial charge is 0.465 e. The van der Waals surface area contributed by atoms with Gasteiger partial charge in [0.2, 0.25) is 0 Å². The fourth-order valence-electron chi connectivity index (χ4n) is 2.27. The van der Waals surface area contributed by atoms with Gasteiger partial charge >= 0.3 is 5.97 Å². The van der Waals surface area contributed by atoms with Gasteiger partial charge < -0.3 is 4.74 Å². The highest BCUT2D eigenvalue weighted by Gasteiger charge is 2.35. The Kier molecular flexibility index (Phi) is 5.19. The van der Waals surface area contributed by atoms with Crippen LogP contribution in [-0.2, 0) is 9.53 Å². The molecule has 0 aliphatic heterocycles. The van der Waals surface area contributed by atoms with Crippen molar-refractivity contribution in [2.45, 2.75) is 12.8 Å². The Hall–Kier alpha value is -3.02. The van der Waals surface area contributed by atoms with Gasteiger partial charge in [0, 0.05) is 11.6 Å². The van der Waals surface area contributed by atoms with E-state index in [0.29, 0.717) is 5.56 Å². The van der Waals surface area contributed by atoms with E-state index in [0.717, 1.165) is 0 Å². The van der Waals surface area contributed by atoms with Crippen LogP contribution >= 0.6 is 0 Å². The van der Waals surface area contributed by atoms with Crippen LogP contribution in [0.15, 0.2) is 54.6 Å². The predicted octanol–water partition coefficient (Wildman–Crippen LogP) is 3.12. The lowest BCUT2D eigenvalue weighted by molar-refractivity contribution is -0.385. The van der Waals surface area contributed by atoms with Crippen molar-refractivity contribution in [1.29, 1.82) is 0 Å².